The van der Waals surface area contributed by atoms with Crippen LogP contribution in [0.2, 0.25) is 5.02 Å². The van der Waals surface area contributed by atoms with Gasteiger partial charge in [0.1, 0.15) is 6.04 Å². The second kappa shape index (κ2) is 15.5. The molecule has 2 fully saturated rings. The van der Waals surface area contributed by atoms with Gasteiger partial charge >= 0.3 is 0 Å². The SMILES string of the molecule is CC(=O)N1CCC(N(CC(C)C)N2CCN(C(=O)C(Cc3ccc(Cl)cc3)NC(=O)CC3NCCc4ccccc43)CC2)CC1. The van der Waals surface area contributed by atoms with Crippen molar-refractivity contribution in [3.63, 3.8) is 0 Å². The van der Waals surface area contributed by atoms with Crippen LogP contribution < -0.4 is 10.6 Å². The van der Waals surface area contributed by atoms with Crippen molar-refractivity contribution >= 4 is 29.3 Å². The average Bonchev–Trinajstić information content (AvgIpc) is 3.04. The minimum atomic E-state index is -0.660. The van der Waals surface area contributed by atoms with E-state index in [-0.39, 0.29) is 30.2 Å². The zero-order chi connectivity index (χ0) is 31.9. The lowest BCUT2D eigenvalue weighted by atomic mass is 9.92. The predicted molar refractivity (Wildman–Crippen MR) is 178 cm³/mol. The third-order valence-corrected chi connectivity index (χ3v) is 9.66. The van der Waals surface area contributed by atoms with E-state index in [1.807, 2.05) is 46.2 Å². The quantitative estimate of drug-likeness (QED) is 0.414. The van der Waals surface area contributed by atoms with Gasteiger partial charge in [0.15, 0.2) is 0 Å². The van der Waals surface area contributed by atoms with Crippen LogP contribution >= 0.6 is 11.6 Å². The number of hydrazine groups is 1. The highest BCUT2D eigenvalue weighted by atomic mass is 35.5. The molecule has 3 aliphatic heterocycles. The fourth-order valence-corrected chi connectivity index (χ4v) is 7.14. The molecular weight excluding hydrogens is 588 g/mol. The Labute approximate surface area is 273 Å². The molecule has 2 atom stereocenters. The first-order valence-electron chi connectivity index (χ1n) is 16.6. The highest BCUT2D eigenvalue weighted by Gasteiger charge is 2.34. The fraction of sp³-hybridized carbons (Fsp3) is 0.571. The Morgan fingerprint density at radius 3 is 2.31 bits per heavy atom. The summed E-state index contributed by atoms with van der Waals surface area (Å²) in [6.45, 7) is 12.2. The molecule has 0 bridgehead atoms. The fourth-order valence-electron chi connectivity index (χ4n) is 7.01. The van der Waals surface area contributed by atoms with E-state index >= 15 is 0 Å². The van der Waals surface area contributed by atoms with Crippen LogP contribution in [0.15, 0.2) is 48.5 Å². The van der Waals surface area contributed by atoms with Crippen LogP contribution in [0.1, 0.15) is 62.8 Å². The van der Waals surface area contributed by atoms with E-state index in [1.165, 1.54) is 5.56 Å². The molecule has 2 saturated heterocycles. The topological polar surface area (TPSA) is 88.2 Å². The largest absolute Gasteiger partial charge is 0.344 e. The van der Waals surface area contributed by atoms with E-state index in [4.69, 9.17) is 11.6 Å². The van der Waals surface area contributed by atoms with Gasteiger partial charge < -0.3 is 20.4 Å². The molecule has 0 radical (unpaired) electrons. The number of likely N-dealkylation sites (tertiary alicyclic amines) is 1. The Balaban J connectivity index is 1.23. The molecule has 2 N–H and O–H groups in total. The summed E-state index contributed by atoms with van der Waals surface area (Å²) in [5, 5.41) is 12.2. The van der Waals surface area contributed by atoms with E-state index in [2.05, 4.69) is 46.6 Å². The zero-order valence-electron chi connectivity index (χ0n) is 27.0. The van der Waals surface area contributed by atoms with Crippen LogP contribution in [-0.2, 0) is 27.2 Å². The van der Waals surface area contributed by atoms with E-state index < -0.39 is 6.04 Å². The minimum Gasteiger partial charge on any atom is -0.344 e. The van der Waals surface area contributed by atoms with E-state index in [0.717, 1.165) is 69.7 Å². The zero-order valence-corrected chi connectivity index (χ0v) is 27.8. The Hall–Kier alpha value is -2.98. The van der Waals surface area contributed by atoms with Gasteiger partial charge in [-0.2, -0.15) is 0 Å². The highest BCUT2D eigenvalue weighted by Crippen LogP contribution is 2.26. The summed E-state index contributed by atoms with van der Waals surface area (Å²) in [5.74, 6) is 0.478. The van der Waals surface area contributed by atoms with Crippen LogP contribution in [-0.4, -0.2) is 102 Å². The van der Waals surface area contributed by atoms with Crippen LogP contribution in [0.4, 0.5) is 0 Å². The molecule has 2 unspecified atom stereocenters. The normalized spacial score (nSPS) is 20.3. The maximum Gasteiger partial charge on any atom is 0.245 e. The van der Waals surface area contributed by atoms with Crippen molar-refractivity contribution < 1.29 is 14.4 Å². The monoisotopic (exact) mass is 636 g/mol. The number of hydrogen-bond donors (Lipinski definition) is 2. The Kier molecular flexibility index (Phi) is 11.5. The number of carbonyl (C=O) groups excluding carboxylic acids is 3. The molecule has 2 aromatic rings. The summed E-state index contributed by atoms with van der Waals surface area (Å²) < 4.78 is 0. The van der Waals surface area contributed by atoms with Gasteiger partial charge in [-0.25, -0.2) is 10.0 Å². The summed E-state index contributed by atoms with van der Waals surface area (Å²) in [4.78, 5) is 43.3. The number of nitrogens with one attached hydrogen (secondary N) is 2. The second-order valence-electron chi connectivity index (χ2n) is 13.1. The lowest BCUT2D eigenvalue weighted by Gasteiger charge is -2.47. The predicted octanol–water partition coefficient (Wildman–Crippen LogP) is 3.67. The summed E-state index contributed by atoms with van der Waals surface area (Å²) in [6, 6.07) is 15.4. The number of amides is 3. The molecule has 0 aliphatic carbocycles. The van der Waals surface area contributed by atoms with Crippen molar-refractivity contribution in [3.8, 4) is 0 Å². The third-order valence-electron chi connectivity index (χ3n) is 9.41. The molecule has 10 heteroatoms. The van der Waals surface area contributed by atoms with Gasteiger partial charge in [0, 0.05) is 82.7 Å². The number of nitrogens with zero attached hydrogens (tertiary/aromatic N) is 4. The first kappa shape index (κ1) is 33.4. The van der Waals surface area contributed by atoms with Crippen molar-refractivity contribution in [2.75, 3.05) is 52.4 Å². The van der Waals surface area contributed by atoms with Gasteiger partial charge in [0.05, 0.1) is 0 Å². The molecule has 2 aromatic carbocycles. The Morgan fingerprint density at radius 1 is 0.956 bits per heavy atom. The molecule has 0 aromatic heterocycles. The van der Waals surface area contributed by atoms with E-state index in [0.29, 0.717) is 36.5 Å². The molecule has 3 amide bonds. The lowest BCUT2D eigenvalue weighted by molar-refractivity contribution is -0.146. The maximum absolute atomic E-state index is 14.1. The second-order valence-corrected chi connectivity index (χ2v) is 13.6. The number of carbonyl (C=O) groups is 3. The van der Waals surface area contributed by atoms with Crippen molar-refractivity contribution in [2.24, 2.45) is 5.92 Å². The smallest absolute Gasteiger partial charge is 0.245 e. The highest BCUT2D eigenvalue weighted by molar-refractivity contribution is 6.30. The Morgan fingerprint density at radius 2 is 1.64 bits per heavy atom. The molecule has 0 spiro atoms. The molecule has 244 valence electrons. The van der Waals surface area contributed by atoms with Crippen molar-refractivity contribution in [1.82, 2.24) is 30.5 Å². The van der Waals surface area contributed by atoms with Crippen molar-refractivity contribution in [2.45, 2.75) is 71.0 Å². The van der Waals surface area contributed by atoms with Gasteiger partial charge in [0.2, 0.25) is 17.7 Å². The summed E-state index contributed by atoms with van der Waals surface area (Å²) >= 11 is 6.14. The third kappa shape index (κ3) is 8.85. The van der Waals surface area contributed by atoms with Gasteiger partial charge in [-0.1, -0.05) is 61.8 Å². The maximum atomic E-state index is 14.1. The molecule has 3 heterocycles. The molecule has 45 heavy (non-hydrogen) atoms. The summed E-state index contributed by atoms with van der Waals surface area (Å²) in [6.07, 6.45) is 3.55. The van der Waals surface area contributed by atoms with E-state index in [1.54, 1.807) is 6.92 Å². The number of halogens is 1. The lowest BCUT2D eigenvalue weighted by Crippen LogP contribution is -2.61. The minimum absolute atomic E-state index is 0.0415. The van der Waals surface area contributed by atoms with Gasteiger partial charge in [-0.15, -0.1) is 0 Å². The van der Waals surface area contributed by atoms with Crippen molar-refractivity contribution in [3.05, 3.63) is 70.2 Å². The summed E-state index contributed by atoms with van der Waals surface area (Å²) in [7, 11) is 0. The van der Waals surface area contributed by atoms with Crippen molar-refractivity contribution in [1.29, 1.82) is 0 Å². The molecular formula is C35H49ClN6O3. The van der Waals surface area contributed by atoms with Crippen LogP contribution in [0, 0.1) is 5.92 Å². The summed E-state index contributed by atoms with van der Waals surface area (Å²) in [5.41, 5.74) is 3.39. The number of benzene rings is 2. The number of rotatable bonds is 10. The number of piperazine rings is 1. The van der Waals surface area contributed by atoms with Crippen LogP contribution in [0.3, 0.4) is 0 Å². The van der Waals surface area contributed by atoms with Gasteiger partial charge in [-0.05, 0) is 60.5 Å². The average molecular weight is 637 g/mol. The standard InChI is InChI=1S/C35H49ClN6O3/c1-25(2)24-42(30-13-16-39(17-14-30)26(3)43)41-20-18-40(19-21-41)35(45)33(22-27-8-10-29(36)11-9-27)38-34(44)23-32-31-7-5-4-6-28(31)12-15-37-32/h4-11,25,30,32-33,37H,12-24H2,1-3H3,(H,38,44). The molecule has 5 rings (SSSR count). The first-order chi connectivity index (χ1) is 21.7. The van der Waals surface area contributed by atoms with Crippen LogP contribution in [0.5, 0.6) is 0 Å². The Bertz CT molecular complexity index is 1300. The van der Waals surface area contributed by atoms with Gasteiger partial charge in [-0.3, -0.25) is 14.4 Å². The molecule has 0 saturated carbocycles. The molecule has 3 aliphatic rings. The van der Waals surface area contributed by atoms with E-state index in [9.17, 15) is 14.4 Å². The number of fused-ring (bicyclic) bond motifs is 1. The van der Waals surface area contributed by atoms with Crippen LogP contribution in [0.25, 0.3) is 0 Å². The van der Waals surface area contributed by atoms with Gasteiger partial charge in [0.25, 0.3) is 0 Å². The number of hydrogen-bond acceptors (Lipinski definition) is 6. The molecule has 9 nitrogen and oxygen atoms in total. The number of piperidine rings is 1. The first-order valence-corrected chi connectivity index (χ1v) is 17.0.